The monoisotopic (exact) mass is 515 g/mol. The Morgan fingerprint density at radius 2 is 1.68 bits per heavy atom. The van der Waals surface area contributed by atoms with Gasteiger partial charge in [-0.15, -0.1) is 0 Å². The lowest BCUT2D eigenvalue weighted by atomic mass is 10.1. The van der Waals surface area contributed by atoms with Crippen molar-refractivity contribution >= 4 is 11.8 Å². The zero-order chi connectivity index (χ0) is 26.6. The molecule has 1 aliphatic carbocycles. The molecular weight excluding hydrogens is 491 g/mol. The number of carbonyl (C=O) groups excluding carboxylic acids is 2. The second-order valence-electron chi connectivity index (χ2n) is 8.41. The minimum atomic E-state index is -4.62. The highest BCUT2D eigenvalue weighted by atomic mass is 19.4. The minimum Gasteiger partial charge on any atom is -0.497 e. The van der Waals surface area contributed by atoms with Gasteiger partial charge in [-0.2, -0.15) is 13.2 Å². The van der Waals surface area contributed by atoms with Crippen LogP contribution in [0.2, 0.25) is 0 Å². The Bertz CT molecular complexity index is 1270. The van der Waals surface area contributed by atoms with Crippen molar-refractivity contribution < 1.29 is 37.0 Å². The number of halogens is 3. The molecule has 0 radical (unpaired) electrons. The number of aromatic nitrogens is 1. The summed E-state index contributed by atoms with van der Waals surface area (Å²) in [4.78, 5) is 29.3. The molecule has 3 aromatic rings. The number of ether oxygens (including phenoxy) is 3. The normalized spacial score (nSPS) is 13.9. The molecule has 0 bridgehead atoms. The number of rotatable bonds is 9. The fourth-order valence-corrected chi connectivity index (χ4v) is 3.56. The smallest absolute Gasteiger partial charge is 0.420 e. The van der Waals surface area contributed by atoms with Crippen LogP contribution in [0.5, 0.6) is 23.1 Å². The Hall–Kier alpha value is -4.28. The van der Waals surface area contributed by atoms with Crippen LogP contribution in [0.15, 0.2) is 60.8 Å². The summed E-state index contributed by atoms with van der Waals surface area (Å²) in [7, 11) is 2.75. The van der Waals surface area contributed by atoms with Gasteiger partial charge < -0.3 is 24.8 Å². The van der Waals surface area contributed by atoms with Crippen molar-refractivity contribution in [2.24, 2.45) is 0 Å². The van der Waals surface area contributed by atoms with Gasteiger partial charge >= 0.3 is 6.18 Å². The highest BCUT2D eigenvalue weighted by Gasteiger charge is 2.51. The summed E-state index contributed by atoms with van der Waals surface area (Å²) in [6, 6.07) is 12.8. The Labute approximate surface area is 210 Å². The summed E-state index contributed by atoms with van der Waals surface area (Å²) in [6.45, 7) is 0.164. The standard InChI is InChI=1S/C26H24F3N3O5/c1-35-19-8-9-21(20(13-19)26(27,28)29)37-18-6-3-16(4-7-18)14-31-24(34)25(11-12-25)32-23(33)17-5-10-22(36-2)30-15-17/h3-10,13,15H,11-12,14H2,1-2H3,(H,31,34)(H,32,33). The Kier molecular flexibility index (Phi) is 7.23. The van der Waals surface area contributed by atoms with Gasteiger partial charge in [0, 0.05) is 18.8 Å². The number of nitrogens with one attached hydrogen (secondary N) is 2. The SMILES string of the molecule is COc1ccc(Oc2ccc(CNC(=O)C3(NC(=O)c4ccc(OC)nc4)CC3)cc2)c(C(F)(F)F)c1. The largest absolute Gasteiger partial charge is 0.497 e. The first-order valence-corrected chi connectivity index (χ1v) is 11.3. The maximum absolute atomic E-state index is 13.4. The highest BCUT2D eigenvalue weighted by Crippen LogP contribution is 2.40. The molecule has 37 heavy (non-hydrogen) atoms. The van der Waals surface area contributed by atoms with Crippen molar-refractivity contribution in [3.8, 4) is 23.1 Å². The van der Waals surface area contributed by atoms with Crippen LogP contribution in [0.4, 0.5) is 13.2 Å². The van der Waals surface area contributed by atoms with E-state index in [4.69, 9.17) is 14.2 Å². The zero-order valence-corrected chi connectivity index (χ0v) is 20.0. The van der Waals surface area contributed by atoms with Gasteiger partial charge in [0.2, 0.25) is 11.8 Å². The molecule has 1 aromatic heterocycles. The van der Waals surface area contributed by atoms with Crippen LogP contribution in [-0.2, 0) is 17.5 Å². The van der Waals surface area contributed by atoms with Gasteiger partial charge in [0.25, 0.3) is 5.91 Å². The summed E-state index contributed by atoms with van der Waals surface area (Å²) < 4.78 is 55.5. The van der Waals surface area contributed by atoms with Crippen LogP contribution in [0.3, 0.4) is 0 Å². The molecular formula is C26H24F3N3O5. The fourth-order valence-electron chi connectivity index (χ4n) is 3.56. The number of alkyl halides is 3. The van der Waals surface area contributed by atoms with Gasteiger partial charge in [0.1, 0.15) is 28.4 Å². The van der Waals surface area contributed by atoms with Crippen molar-refractivity contribution in [3.05, 3.63) is 77.5 Å². The molecule has 1 fully saturated rings. The molecule has 8 nitrogen and oxygen atoms in total. The number of nitrogens with zero attached hydrogens (tertiary/aromatic N) is 1. The van der Waals surface area contributed by atoms with E-state index >= 15 is 0 Å². The lowest BCUT2D eigenvalue weighted by Crippen LogP contribution is -2.48. The molecule has 2 aromatic carbocycles. The zero-order valence-electron chi connectivity index (χ0n) is 20.0. The van der Waals surface area contributed by atoms with Gasteiger partial charge in [0.05, 0.1) is 19.8 Å². The molecule has 194 valence electrons. The molecule has 0 aliphatic heterocycles. The number of carbonyl (C=O) groups is 2. The van der Waals surface area contributed by atoms with Crippen molar-refractivity contribution in [3.63, 3.8) is 0 Å². The number of pyridine rings is 1. The number of benzene rings is 2. The third-order valence-corrected chi connectivity index (χ3v) is 5.84. The second kappa shape index (κ2) is 10.4. The van der Waals surface area contributed by atoms with Crippen molar-refractivity contribution in [1.82, 2.24) is 15.6 Å². The maximum Gasteiger partial charge on any atom is 0.420 e. The predicted octanol–water partition coefficient (Wildman–Crippen LogP) is 4.49. The van der Waals surface area contributed by atoms with E-state index in [0.29, 0.717) is 29.8 Å². The topological polar surface area (TPSA) is 98.8 Å². The molecule has 1 saturated carbocycles. The number of hydrogen-bond acceptors (Lipinski definition) is 6. The van der Waals surface area contributed by atoms with Crippen LogP contribution >= 0.6 is 0 Å². The van der Waals surface area contributed by atoms with Gasteiger partial charge in [-0.25, -0.2) is 4.98 Å². The van der Waals surface area contributed by atoms with E-state index in [1.165, 1.54) is 44.7 Å². The summed E-state index contributed by atoms with van der Waals surface area (Å²) in [5, 5.41) is 5.56. The quantitative estimate of drug-likeness (QED) is 0.436. The van der Waals surface area contributed by atoms with Gasteiger partial charge in [0.15, 0.2) is 0 Å². The van der Waals surface area contributed by atoms with E-state index in [2.05, 4.69) is 15.6 Å². The molecule has 0 spiro atoms. The molecule has 2 amide bonds. The van der Waals surface area contributed by atoms with Gasteiger partial charge in [-0.1, -0.05) is 12.1 Å². The van der Waals surface area contributed by atoms with Crippen LogP contribution in [0, 0.1) is 0 Å². The predicted molar refractivity (Wildman–Crippen MR) is 127 cm³/mol. The summed E-state index contributed by atoms with van der Waals surface area (Å²) in [5.41, 5.74) is -0.929. The molecule has 4 rings (SSSR count). The number of amides is 2. The third kappa shape index (κ3) is 6.11. The third-order valence-electron chi connectivity index (χ3n) is 5.84. The number of hydrogen-bond donors (Lipinski definition) is 2. The Morgan fingerprint density at radius 1 is 0.973 bits per heavy atom. The Balaban J connectivity index is 1.34. The van der Waals surface area contributed by atoms with Crippen molar-refractivity contribution in [2.75, 3.05) is 14.2 Å². The first-order chi connectivity index (χ1) is 17.6. The van der Waals surface area contributed by atoms with Crippen LogP contribution in [0.1, 0.15) is 34.3 Å². The van der Waals surface area contributed by atoms with E-state index in [9.17, 15) is 22.8 Å². The summed E-state index contributed by atoms with van der Waals surface area (Å²) >= 11 is 0. The molecule has 0 saturated heterocycles. The van der Waals surface area contributed by atoms with Crippen LogP contribution < -0.4 is 24.8 Å². The molecule has 0 atom stereocenters. The summed E-state index contributed by atoms with van der Waals surface area (Å²) in [5.74, 6) is -0.456. The maximum atomic E-state index is 13.4. The fraction of sp³-hybridized carbons (Fsp3) is 0.269. The molecule has 2 N–H and O–H groups in total. The van der Waals surface area contributed by atoms with E-state index in [1.54, 1.807) is 24.3 Å². The first-order valence-electron chi connectivity index (χ1n) is 11.3. The van der Waals surface area contributed by atoms with Crippen molar-refractivity contribution in [2.45, 2.75) is 31.1 Å². The van der Waals surface area contributed by atoms with E-state index < -0.39 is 23.2 Å². The van der Waals surface area contributed by atoms with Gasteiger partial charge in [-0.05, 0) is 54.8 Å². The average molecular weight is 515 g/mol. The minimum absolute atomic E-state index is 0.0658. The highest BCUT2D eigenvalue weighted by molar-refractivity contribution is 6.00. The van der Waals surface area contributed by atoms with Crippen LogP contribution in [0.25, 0.3) is 0 Å². The van der Waals surface area contributed by atoms with E-state index in [-0.39, 0.29) is 29.7 Å². The lowest BCUT2D eigenvalue weighted by Gasteiger charge is -2.17. The molecule has 0 unspecified atom stereocenters. The first kappa shape index (κ1) is 25.8. The van der Waals surface area contributed by atoms with Crippen molar-refractivity contribution in [1.29, 1.82) is 0 Å². The van der Waals surface area contributed by atoms with Crippen LogP contribution in [-0.4, -0.2) is 36.6 Å². The molecule has 1 aliphatic rings. The lowest BCUT2D eigenvalue weighted by molar-refractivity contribution is -0.138. The molecule has 1 heterocycles. The van der Waals surface area contributed by atoms with E-state index in [1.807, 2.05) is 0 Å². The second-order valence-corrected chi connectivity index (χ2v) is 8.41. The van der Waals surface area contributed by atoms with E-state index in [0.717, 1.165) is 6.07 Å². The molecule has 11 heteroatoms. The Morgan fingerprint density at radius 3 is 2.24 bits per heavy atom. The number of methoxy groups -OCH3 is 2. The average Bonchev–Trinajstić information content (AvgIpc) is 3.68. The summed E-state index contributed by atoms with van der Waals surface area (Å²) in [6.07, 6.45) is -2.24. The van der Waals surface area contributed by atoms with Gasteiger partial charge in [-0.3, -0.25) is 9.59 Å².